The predicted molar refractivity (Wildman–Crippen MR) is 103 cm³/mol. The van der Waals surface area contributed by atoms with Gasteiger partial charge in [-0.05, 0) is 37.3 Å². The van der Waals surface area contributed by atoms with Crippen molar-refractivity contribution in [1.29, 1.82) is 0 Å². The van der Waals surface area contributed by atoms with Gasteiger partial charge in [-0.25, -0.2) is 9.37 Å². The Morgan fingerprint density at radius 1 is 1.17 bits per heavy atom. The molecule has 0 unspecified atom stereocenters. The summed E-state index contributed by atoms with van der Waals surface area (Å²) >= 11 is 0. The Morgan fingerprint density at radius 3 is 2.66 bits per heavy atom. The van der Waals surface area contributed by atoms with Crippen molar-refractivity contribution in [3.05, 3.63) is 81.8 Å². The highest BCUT2D eigenvalue weighted by atomic mass is 19.1. The minimum absolute atomic E-state index is 0.101. The highest BCUT2D eigenvalue weighted by Gasteiger charge is 2.20. The molecule has 9 heteroatoms. The number of rotatable bonds is 4. The fourth-order valence-electron chi connectivity index (χ4n) is 2.93. The molecule has 1 N–H and O–H groups in total. The van der Waals surface area contributed by atoms with Crippen molar-refractivity contribution in [3.63, 3.8) is 0 Å². The summed E-state index contributed by atoms with van der Waals surface area (Å²) in [5.41, 5.74) is 1.92. The van der Waals surface area contributed by atoms with Crippen LogP contribution in [0.5, 0.6) is 0 Å². The predicted octanol–water partition coefficient (Wildman–Crippen LogP) is 4.50. The van der Waals surface area contributed by atoms with Gasteiger partial charge in [0.05, 0.1) is 27.3 Å². The van der Waals surface area contributed by atoms with Crippen LogP contribution < -0.4 is 5.32 Å². The molecule has 0 atom stereocenters. The summed E-state index contributed by atoms with van der Waals surface area (Å²) in [6.45, 7) is 1.68. The third kappa shape index (κ3) is 3.53. The normalized spacial score (nSPS) is 10.8. The molecule has 29 heavy (non-hydrogen) atoms. The summed E-state index contributed by atoms with van der Waals surface area (Å²) in [5, 5.41) is 18.1. The van der Waals surface area contributed by atoms with Crippen LogP contribution in [-0.2, 0) is 0 Å². The van der Waals surface area contributed by atoms with Crippen molar-refractivity contribution in [3.8, 4) is 11.3 Å². The number of halogens is 1. The largest absolute Gasteiger partial charge is 0.335 e. The third-order valence-electron chi connectivity index (χ3n) is 4.32. The number of nitro groups is 1. The molecule has 8 nitrogen and oxygen atoms in total. The maximum atomic E-state index is 13.1. The van der Waals surface area contributed by atoms with Crippen LogP contribution in [0.15, 0.2) is 59.1 Å². The number of hydrogen-bond acceptors (Lipinski definition) is 6. The second kappa shape index (κ2) is 7.12. The fourth-order valence-corrected chi connectivity index (χ4v) is 2.93. The van der Waals surface area contributed by atoms with Gasteiger partial charge < -0.3 is 9.84 Å². The van der Waals surface area contributed by atoms with Crippen molar-refractivity contribution in [2.45, 2.75) is 6.92 Å². The standard InChI is InChI=1S/C20H13FN4O4/c1-11-18-16(19(26)22-14-7-5-13(21)6-8-14)10-17(23-20(18)29-24-11)12-3-2-4-15(9-12)25(27)28/h2-10H,1H3,(H,22,26). The van der Waals surface area contributed by atoms with Gasteiger partial charge in [0.1, 0.15) is 5.82 Å². The molecule has 0 aliphatic rings. The molecule has 2 aromatic heterocycles. The van der Waals surface area contributed by atoms with Gasteiger partial charge in [-0.15, -0.1) is 0 Å². The lowest BCUT2D eigenvalue weighted by atomic mass is 10.0. The van der Waals surface area contributed by atoms with E-state index < -0.39 is 16.6 Å². The molecule has 0 saturated carbocycles. The molecular formula is C20H13FN4O4. The number of nitro benzene ring substituents is 1. The van der Waals surface area contributed by atoms with E-state index in [0.29, 0.717) is 28.0 Å². The number of amides is 1. The molecular weight excluding hydrogens is 379 g/mol. The summed E-state index contributed by atoms with van der Waals surface area (Å²) in [5.74, 6) is -0.890. The molecule has 144 valence electrons. The van der Waals surface area contributed by atoms with Crippen LogP contribution in [0.3, 0.4) is 0 Å². The van der Waals surface area contributed by atoms with Crippen molar-refractivity contribution in [2.24, 2.45) is 0 Å². The zero-order valence-electron chi connectivity index (χ0n) is 15.0. The van der Waals surface area contributed by atoms with Gasteiger partial charge >= 0.3 is 0 Å². The number of anilines is 1. The van der Waals surface area contributed by atoms with Gasteiger partial charge in [0, 0.05) is 23.4 Å². The average molecular weight is 392 g/mol. The number of benzene rings is 2. The third-order valence-corrected chi connectivity index (χ3v) is 4.32. The molecule has 0 saturated heterocycles. The van der Waals surface area contributed by atoms with Crippen LogP contribution in [0.25, 0.3) is 22.4 Å². The molecule has 0 fully saturated rings. The quantitative estimate of drug-likeness (QED) is 0.404. The van der Waals surface area contributed by atoms with E-state index in [4.69, 9.17) is 4.52 Å². The monoisotopic (exact) mass is 392 g/mol. The highest BCUT2D eigenvalue weighted by molar-refractivity contribution is 6.13. The van der Waals surface area contributed by atoms with E-state index in [9.17, 15) is 19.3 Å². The number of non-ortho nitro benzene ring substituents is 1. The minimum Gasteiger partial charge on any atom is -0.335 e. The van der Waals surface area contributed by atoms with Crippen LogP contribution in [0.1, 0.15) is 16.1 Å². The van der Waals surface area contributed by atoms with Crippen LogP contribution >= 0.6 is 0 Å². The molecule has 0 spiro atoms. The lowest BCUT2D eigenvalue weighted by molar-refractivity contribution is -0.384. The molecule has 0 radical (unpaired) electrons. The van der Waals surface area contributed by atoms with Crippen molar-refractivity contribution < 1.29 is 18.6 Å². The number of pyridine rings is 1. The Labute approximate surface area is 163 Å². The number of aryl methyl sites for hydroxylation is 1. The molecule has 0 aliphatic heterocycles. The first kappa shape index (κ1) is 18.2. The van der Waals surface area contributed by atoms with E-state index in [-0.39, 0.29) is 17.0 Å². The second-order valence-electron chi connectivity index (χ2n) is 6.27. The maximum Gasteiger partial charge on any atom is 0.270 e. The molecule has 0 bridgehead atoms. The number of hydrogen-bond donors (Lipinski definition) is 1. The number of carbonyl (C=O) groups excluding carboxylic acids is 1. The number of aromatic nitrogens is 2. The summed E-state index contributed by atoms with van der Waals surface area (Å²) in [4.78, 5) is 27.8. The first-order valence-electron chi connectivity index (χ1n) is 8.51. The van der Waals surface area contributed by atoms with E-state index in [2.05, 4.69) is 15.5 Å². The molecule has 4 aromatic rings. The summed E-state index contributed by atoms with van der Waals surface area (Å²) < 4.78 is 18.3. The lowest BCUT2D eigenvalue weighted by Gasteiger charge is -2.08. The van der Waals surface area contributed by atoms with Crippen molar-refractivity contribution in [2.75, 3.05) is 5.32 Å². The minimum atomic E-state index is -0.511. The molecule has 2 aromatic carbocycles. The number of fused-ring (bicyclic) bond motifs is 1. The van der Waals surface area contributed by atoms with Crippen LogP contribution in [-0.4, -0.2) is 21.0 Å². The van der Waals surface area contributed by atoms with Gasteiger partial charge in [0.25, 0.3) is 17.3 Å². The van der Waals surface area contributed by atoms with Gasteiger partial charge in [-0.3, -0.25) is 14.9 Å². The number of nitrogens with zero attached hydrogens (tertiary/aromatic N) is 3. The first-order valence-corrected chi connectivity index (χ1v) is 8.51. The van der Waals surface area contributed by atoms with Crippen LogP contribution in [0.2, 0.25) is 0 Å². The fraction of sp³-hybridized carbons (Fsp3) is 0.0500. The SMILES string of the molecule is Cc1noc2nc(-c3cccc([N+](=O)[O-])c3)cc(C(=O)Nc3ccc(F)cc3)c12. The van der Waals surface area contributed by atoms with E-state index in [0.717, 1.165) is 0 Å². The lowest BCUT2D eigenvalue weighted by Crippen LogP contribution is -2.13. The highest BCUT2D eigenvalue weighted by Crippen LogP contribution is 2.29. The van der Waals surface area contributed by atoms with E-state index >= 15 is 0 Å². The smallest absolute Gasteiger partial charge is 0.270 e. The number of carbonyl (C=O) groups is 1. The van der Waals surface area contributed by atoms with Crippen molar-refractivity contribution >= 4 is 28.4 Å². The number of nitrogens with one attached hydrogen (secondary N) is 1. The Hall–Kier alpha value is -4.14. The zero-order valence-corrected chi connectivity index (χ0v) is 15.0. The second-order valence-corrected chi connectivity index (χ2v) is 6.27. The zero-order chi connectivity index (χ0) is 20.5. The van der Waals surface area contributed by atoms with Gasteiger partial charge in [-0.1, -0.05) is 17.3 Å². The summed E-state index contributed by atoms with van der Waals surface area (Å²) in [6.07, 6.45) is 0. The Bertz CT molecular complexity index is 1250. The first-order chi connectivity index (χ1) is 13.9. The van der Waals surface area contributed by atoms with Crippen LogP contribution in [0.4, 0.5) is 15.8 Å². The summed E-state index contributed by atoms with van der Waals surface area (Å²) in [6, 6.07) is 12.8. The van der Waals surface area contributed by atoms with Gasteiger partial charge in [0.2, 0.25) is 0 Å². The van der Waals surface area contributed by atoms with Crippen LogP contribution in [0, 0.1) is 22.9 Å². The van der Waals surface area contributed by atoms with E-state index in [1.807, 2.05) is 0 Å². The average Bonchev–Trinajstić information content (AvgIpc) is 3.10. The molecule has 1 amide bonds. The Morgan fingerprint density at radius 2 is 1.93 bits per heavy atom. The molecule has 4 rings (SSSR count). The maximum absolute atomic E-state index is 13.1. The van der Waals surface area contributed by atoms with E-state index in [1.165, 1.54) is 48.5 Å². The summed E-state index contributed by atoms with van der Waals surface area (Å²) in [7, 11) is 0. The molecule has 2 heterocycles. The van der Waals surface area contributed by atoms with Gasteiger partial charge in [0.15, 0.2) is 0 Å². The van der Waals surface area contributed by atoms with Crippen molar-refractivity contribution in [1.82, 2.24) is 10.1 Å². The van der Waals surface area contributed by atoms with E-state index in [1.54, 1.807) is 13.0 Å². The Kier molecular flexibility index (Phi) is 4.47. The van der Waals surface area contributed by atoms with Gasteiger partial charge in [-0.2, -0.15) is 0 Å². The Balaban J connectivity index is 1.81. The molecule has 0 aliphatic carbocycles. The topological polar surface area (TPSA) is 111 Å².